The van der Waals surface area contributed by atoms with Gasteiger partial charge in [0.2, 0.25) is 0 Å². The van der Waals surface area contributed by atoms with Gasteiger partial charge in [-0.2, -0.15) is 0 Å². The van der Waals surface area contributed by atoms with E-state index in [0.29, 0.717) is 6.54 Å². The van der Waals surface area contributed by atoms with Crippen LogP contribution in [0.4, 0.5) is 0 Å². The van der Waals surface area contributed by atoms with Crippen molar-refractivity contribution in [3.05, 3.63) is 71.8 Å². The van der Waals surface area contributed by atoms with E-state index < -0.39 is 0 Å². The van der Waals surface area contributed by atoms with E-state index in [9.17, 15) is 0 Å². The third-order valence-corrected chi connectivity index (χ3v) is 3.26. The van der Waals surface area contributed by atoms with Crippen LogP contribution in [0, 0.1) is 0 Å². The highest BCUT2D eigenvalue weighted by atomic mass is 127. The van der Waals surface area contributed by atoms with Crippen LogP contribution in [0.3, 0.4) is 0 Å². The van der Waals surface area contributed by atoms with Crippen molar-refractivity contribution < 1.29 is 0 Å². The molecule has 0 heterocycles. The van der Waals surface area contributed by atoms with Crippen LogP contribution in [0.25, 0.3) is 0 Å². The molecule has 0 aliphatic rings. The number of guanidine groups is 1. The molecule has 118 valence electrons. The number of aliphatic imine (C=N–C) groups is 1. The Hall–Kier alpha value is -1.56. The van der Waals surface area contributed by atoms with E-state index in [1.165, 1.54) is 11.1 Å². The third-order valence-electron chi connectivity index (χ3n) is 3.26. The zero-order valence-electron chi connectivity index (χ0n) is 13.1. The number of hydrogen-bond acceptors (Lipinski definition) is 1. The molecule has 0 amide bonds. The Bertz CT molecular complexity index is 555. The Labute approximate surface area is 150 Å². The summed E-state index contributed by atoms with van der Waals surface area (Å²) in [7, 11) is 0. The number of nitrogens with one attached hydrogen (secondary N) is 2. The molecule has 1 atom stereocenters. The van der Waals surface area contributed by atoms with Gasteiger partial charge < -0.3 is 10.6 Å². The van der Waals surface area contributed by atoms with Gasteiger partial charge in [0.1, 0.15) is 0 Å². The number of rotatable bonds is 5. The van der Waals surface area contributed by atoms with Gasteiger partial charge in [-0.15, -0.1) is 24.0 Å². The normalized spacial score (nSPS) is 12.2. The molecule has 3 nitrogen and oxygen atoms in total. The van der Waals surface area contributed by atoms with Gasteiger partial charge in [0.25, 0.3) is 0 Å². The lowest BCUT2D eigenvalue weighted by Crippen LogP contribution is -2.38. The van der Waals surface area contributed by atoms with Crippen molar-refractivity contribution in [3.8, 4) is 0 Å². The summed E-state index contributed by atoms with van der Waals surface area (Å²) in [5.41, 5.74) is 2.46. The summed E-state index contributed by atoms with van der Waals surface area (Å²) in [5, 5.41) is 6.74. The van der Waals surface area contributed by atoms with Gasteiger partial charge in [-0.1, -0.05) is 60.7 Å². The van der Waals surface area contributed by atoms with Gasteiger partial charge in [-0.05, 0) is 25.0 Å². The Morgan fingerprint density at radius 1 is 1.00 bits per heavy atom. The first-order chi connectivity index (χ1) is 10.3. The van der Waals surface area contributed by atoms with E-state index in [2.05, 4.69) is 65.9 Å². The Kier molecular flexibility index (Phi) is 8.58. The zero-order valence-corrected chi connectivity index (χ0v) is 15.5. The summed E-state index contributed by atoms with van der Waals surface area (Å²) in [6, 6.07) is 20.9. The van der Waals surface area contributed by atoms with Crippen LogP contribution in [0.1, 0.15) is 31.0 Å². The Morgan fingerprint density at radius 3 is 2.18 bits per heavy atom. The maximum atomic E-state index is 4.64. The molecule has 0 spiro atoms. The van der Waals surface area contributed by atoms with Crippen LogP contribution in [0.15, 0.2) is 65.7 Å². The lowest BCUT2D eigenvalue weighted by Gasteiger charge is -2.18. The molecule has 2 N–H and O–H groups in total. The molecule has 2 aromatic carbocycles. The molecular weight excluding hydrogens is 385 g/mol. The first-order valence-electron chi connectivity index (χ1n) is 7.43. The summed E-state index contributed by atoms with van der Waals surface area (Å²) >= 11 is 0. The van der Waals surface area contributed by atoms with Gasteiger partial charge in [-0.25, -0.2) is 4.99 Å². The fourth-order valence-electron chi connectivity index (χ4n) is 2.10. The predicted octanol–water partition coefficient (Wildman–Crippen LogP) is 4.12. The highest BCUT2D eigenvalue weighted by Crippen LogP contribution is 2.10. The maximum absolute atomic E-state index is 4.64. The molecule has 2 rings (SSSR count). The van der Waals surface area contributed by atoms with E-state index in [1.807, 2.05) is 24.3 Å². The molecule has 0 radical (unpaired) electrons. The average Bonchev–Trinajstić information content (AvgIpc) is 2.54. The van der Waals surface area contributed by atoms with Crippen molar-refractivity contribution in [3.63, 3.8) is 0 Å². The van der Waals surface area contributed by atoms with Gasteiger partial charge in [0.15, 0.2) is 5.96 Å². The van der Waals surface area contributed by atoms with Crippen molar-refractivity contribution in [1.82, 2.24) is 10.6 Å². The summed E-state index contributed by atoms with van der Waals surface area (Å²) in [6.07, 6.45) is 0. The maximum Gasteiger partial charge on any atom is 0.192 e. The summed E-state index contributed by atoms with van der Waals surface area (Å²) in [4.78, 5) is 4.64. The summed E-state index contributed by atoms with van der Waals surface area (Å²) < 4.78 is 0. The largest absolute Gasteiger partial charge is 0.357 e. The lowest BCUT2D eigenvalue weighted by molar-refractivity contribution is 0.686. The monoisotopic (exact) mass is 409 g/mol. The van der Waals surface area contributed by atoms with Crippen LogP contribution in [0.2, 0.25) is 0 Å². The average molecular weight is 409 g/mol. The number of nitrogens with zero attached hydrogens (tertiary/aromatic N) is 1. The van der Waals surface area contributed by atoms with Crippen LogP contribution < -0.4 is 10.6 Å². The second-order valence-electron chi connectivity index (χ2n) is 4.96. The number of benzene rings is 2. The molecule has 0 aliphatic carbocycles. The first kappa shape index (κ1) is 18.5. The van der Waals surface area contributed by atoms with Crippen molar-refractivity contribution in [2.75, 3.05) is 6.54 Å². The molecule has 22 heavy (non-hydrogen) atoms. The molecule has 0 bridgehead atoms. The summed E-state index contributed by atoms with van der Waals surface area (Å²) in [5.74, 6) is 0.845. The molecule has 0 aliphatic heterocycles. The minimum Gasteiger partial charge on any atom is -0.357 e. The van der Waals surface area contributed by atoms with Crippen LogP contribution in [-0.2, 0) is 6.54 Å². The van der Waals surface area contributed by atoms with Gasteiger partial charge in [0, 0.05) is 6.54 Å². The number of halogens is 1. The quantitative estimate of drug-likeness (QED) is 0.443. The van der Waals surface area contributed by atoms with Crippen LogP contribution in [-0.4, -0.2) is 12.5 Å². The second-order valence-corrected chi connectivity index (χ2v) is 4.96. The molecular formula is C18H24IN3. The molecule has 0 fully saturated rings. The molecule has 0 saturated carbocycles. The van der Waals surface area contributed by atoms with Crippen molar-refractivity contribution >= 4 is 29.9 Å². The van der Waals surface area contributed by atoms with Gasteiger partial charge in [0.05, 0.1) is 12.6 Å². The smallest absolute Gasteiger partial charge is 0.192 e. The highest BCUT2D eigenvalue weighted by Gasteiger charge is 2.06. The highest BCUT2D eigenvalue weighted by molar-refractivity contribution is 14.0. The molecule has 2 aromatic rings. The lowest BCUT2D eigenvalue weighted by atomic mass is 10.1. The van der Waals surface area contributed by atoms with Crippen molar-refractivity contribution in [2.24, 2.45) is 4.99 Å². The molecule has 0 aromatic heterocycles. The fourth-order valence-corrected chi connectivity index (χ4v) is 2.10. The topological polar surface area (TPSA) is 36.4 Å². The fraction of sp³-hybridized carbons (Fsp3) is 0.278. The first-order valence-corrected chi connectivity index (χ1v) is 7.43. The van der Waals surface area contributed by atoms with Gasteiger partial charge >= 0.3 is 0 Å². The standard InChI is InChI=1S/C18H23N3.HI/c1-3-19-18(20-14-16-10-6-4-7-11-16)21-15(2)17-12-8-5-9-13-17;/h4-13,15H,3,14H2,1-2H3,(H2,19,20,21);1H. The Morgan fingerprint density at radius 2 is 1.59 bits per heavy atom. The van der Waals surface area contributed by atoms with E-state index in [-0.39, 0.29) is 30.0 Å². The second kappa shape index (κ2) is 10.2. The van der Waals surface area contributed by atoms with E-state index in [4.69, 9.17) is 0 Å². The van der Waals surface area contributed by atoms with Crippen LogP contribution in [0.5, 0.6) is 0 Å². The minimum absolute atomic E-state index is 0. The predicted molar refractivity (Wildman–Crippen MR) is 105 cm³/mol. The summed E-state index contributed by atoms with van der Waals surface area (Å²) in [6.45, 7) is 5.75. The SMILES string of the molecule is CCNC(=NCc1ccccc1)NC(C)c1ccccc1.I. The number of hydrogen-bond donors (Lipinski definition) is 2. The molecule has 1 unspecified atom stereocenters. The zero-order chi connectivity index (χ0) is 14.9. The van der Waals surface area contributed by atoms with Gasteiger partial charge in [-0.3, -0.25) is 0 Å². The molecule has 4 heteroatoms. The van der Waals surface area contributed by atoms with Crippen molar-refractivity contribution in [2.45, 2.75) is 26.4 Å². The van der Waals surface area contributed by atoms with E-state index in [1.54, 1.807) is 0 Å². The third kappa shape index (κ3) is 6.05. The minimum atomic E-state index is 0. The Balaban J connectivity index is 0.00000242. The van der Waals surface area contributed by atoms with Crippen molar-refractivity contribution in [1.29, 1.82) is 0 Å². The van der Waals surface area contributed by atoms with E-state index >= 15 is 0 Å². The van der Waals surface area contributed by atoms with Crippen LogP contribution >= 0.6 is 24.0 Å². The molecule has 0 saturated heterocycles. The van der Waals surface area contributed by atoms with E-state index in [0.717, 1.165) is 12.5 Å².